The molecular formula is C11H15NO5S. The van der Waals surface area contributed by atoms with Crippen LogP contribution in [0.3, 0.4) is 0 Å². The van der Waals surface area contributed by atoms with Gasteiger partial charge in [-0.1, -0.05) is 0 Å². The zero-order valence-corrected chi connectivity index (χ0v) is 10.5. The van der Waals surface area contributed by atoms with Crippen molar-refractivity contribution in [1.82, 2.24) is 4.72 Å². The van der Waals surface area contributed by atoms with Crippen molar-refractivity contribution in [2.45, 2.75) is 17.4 Å². The molecule has 3 N–H and O–H groups in total. The predicted molar refractivity (Wildman–Crippen MR) is 63.9 cm³/mol. The molecule has 0 saturated carbocycles. The second kappa shape index (κ2) is 5.23. The third kappa shape index (κ3) is 2.81. The van der Waals surface area contributed by atoms with Gasteiger partial charge in [0.15, 0.2) is 0 Å². The summed E-state index contributed by atoms with van der Waals surface area (Å²) in [5, 5.41) is 17.8. The number of fused-ring (bicyclic) bond motifs is 1. The number of hydrogen-bond donors (Lipinski definition) is 3. The zero-order valence-electron chi connectivity index (χ0n) is 9.67. The van der Waals surface area contributed by atoms with E-state index < -0.39 is 22.7 Å². The molecule has 0 amide bonds. The van der Waals surface area contributed by atoms with Gasteiger partial charge in [0.25, 0.3) is 0 Å². The Morgan fingerprint density at radius 1 is 1.44 bits per heavy atom. The summed E-state index contributed by atoms with van der Waals surface area (Å²) in [5.74, 6) is 0.712. The fourth-order valence-corrected chi connectivity index (χ4v) is 2.81. The standard InChI is InChI=1S/C11H15NO5S/c13-7-9(14)6-12-18(15,16)10-1-2-11-8(5-10)3-4-17-11/h1-2,5,9,12-14H,3-4,6-7H2. The Bertz CT molecular complexity index is 528. The van der Waals surface area contributed by atoms with Gasteiger partial charge in [0.2, 0.25) is 10.0 Å². The number of ether oxygens (including phenoxy) is 1. The largest absolute Gasteiger partial charge is 0.493 e. The molecule has 100 valence electrons. The highest BCUT2D eigenvalue weighted by Gasteiger charge is 2.19. The quantitative estimate of drug-likeness (QED) is 0.656. The summed E-state index contributed by atoms with van der Waals surface area (Å²) in [7, 11) is -3.66. The first-order valence-corrected chi connectivity index (χ1v) is 7.05. The van der Waals surface area contributed by atoms with Crippen LogP contribution in [0.5, 0.6) is 5.75 Å². The lowest BCUT2D eigenvalue weighted by Gasteiger charge is -2.10. The Hall–Kier alpha value is -1.15. The summed E-state index contributed by atoms with van der Waals surface area (Å²) >= 11 is 0. The number of hydrogen-bond acceptors (Lipinski definition) is 5. The highest BCUT2D eigenvalue weighted by molar-refractivity contribution is 7.89. The highest BCUT2D eigenvalue weighted by Crippen LogP contribution is 2.27. The van der Waals surface area contributed by atoms with E-state index in [1.165, 1.54) is 6.07 Å². The maximum atomic E-state index is 11.9. The molecular weight excluding hydrogens is 258 g/mol. The topological polar surface area (TPSA) is 95.9 Å². The number of benzene rings is 1. The van der Waals surface area contributed by atoms with Crippen LogP contribution < -0.4 is 9.46 Å². The van der Waals surface area contributed by atoms with Gasteiger partial charge in [0.1, 0.15) is 5.75 Å². The molecule has 7 heteroatoms. The predicted octanol–water partition coefficient (Wildman–Crippen LogP) is -0.747. The molecule has 1 aliphatic heterocycles. The second-order valence-electron chi connectivity index (χ2n) is 4.06. The van der Waals surface area contributed by atoms with Crippen LogP contribution in [0.2, 0.25) is 0 Å². The van der Waals surface area contributed by atoms with Crippen molar-refractivity contribution in [3.8, 4) is 5.75 Å². The summed E-state index contributed by atoms with van der Waals surface area (Å²) in [6, 6.07) is 4.65. The summed E-state index contributed by atoms with van der Waals surface area (Å²) in [5.41, 5.74) is 0.862. The molecule has 0 radical (unpaired) electrons. The van der Waals surface area contributed by atoms with E-state index in [4.69, 9.17) is 14.9 Å². The van der Waals surface area contributed by atoms with E-state index in [1.54, 1.807) is 12.1 Å². The first kappa shape index (κ1) is 13.3. The molecule has 0 spiro atoms. The SMILES string of the molecule is O=S(=O)(NCC(O)CO)c1ccc2c(c1)CCO2. The molecule has 6 nitrogen and oxygen atoms in total. The lowest BCUT2D eigenvalue weighted by Crippen LogP contribution is -2.33. The molecule has 0 saturated heterocycles. The fourth-order valence-electron chi connectivity index (χ4n) is 1.68. The minimum Gasteiger partial charge on any atom is -0.493 e. The maximum Gasteiger partial charge on any atom is 0.240 e. The van der Waals surface area contributed by atoms with Crippen molar-refractivity contribution >= 4 is 10.0 Å². The normalized spacial score (nSPS) is 16.1. The van der Waals surface area contributed by atoms with E-state index in [2.05, 4.69) is 4.72 Å². The number of aliphatic hydroxyl groups is 2. The van der Waals surface area contributed by atoms with Crippen LogP contribution in [-0.2, 0) is 16.4 Å². The maximum absolute atomic E-state index is 11.9. The lowest BCUT2D eigenvalue weighted by molar-refractivity contribution is 0.0988. The Kier molecular flexibility index (Phi) is 3.86. The van der Waals surface area contributed by atoms with Crippen molar-refractivity contribution in [1.29, 1.82) is 0 Å². The molecule has 0 bridgehead atoms. The van der Waals surface area contributed by atoms with E-state index in [0.717, 1.165) is 5.56 Å². The van der Waals surface area contributed by atoms with E-state index in [0.29, 0.717) is 18.8 Å². The summed E-state index contributed by atoms with van der Waals surface area (Å²) < 4.78 is 31.3. The molecule has 1 atom stereocenters. The Morgan fingerprint density at radius 2 is 2.22 bits per heavy atom. The van der Waals surface area contributed by atoms with Gasteiger partial charge in [-0.15, -0.1) is 0 Å². The van der Waals surface area contributed by atoms with Gasteiger partial charge in [-0.3, -0.25) is 0 Å². The van der Waals surface area contributed by atoms with E-state index in [9.17, 15) is 8.42 Å². The monoisotopic (exact) mass is 273 g/mol. The smallest absolute Gasteiger partial charge is 0.240 e. The third-order valence-corrected chi connectivity index (χ3v) is 4.11. The minimum absolute atomic E-state index is 0.136. The van der Waals surface area contributed by atoms with Gasteiger partial charge >= 0.3 is 0 Å². The van der Waals surface area contributed by atoms with Crippen LogP contribution in [0.1, 0.15) is 5.56 Å². The van der Waals surface area contributed by atoms with Crippen molar-refractivity contribution in [3.05, 3.63) is 23.8 Å². The molecule has 1 aliphatic rings. The highest BCUT2D eigenvalue weighted by atomic mass is 32.2. The number of nitrogens with one attached hydrogen (secondary N) is 1. The Labute approximate surface area is 105 Å². The first-order valence-electron chi connectivity index (χ1n) is 5.57. The van der Waals surface area contributed by atoms with Crippen molar-refractivity contribution in [3.63, 3.8) is 0 Å². The van der Waals surface area contributed by atoms with Gasteiger partial charge in [0.05, 0.1) is 24.2 Å². The van der Waals surface area contributed by atoms with Gasteiger partial charge in [0, 0.05) is 13.0 Å². The first-order chi connectivity index (χ1) is 8.53. The summed E-state index contributed by atoms with van der Waals surface area (Å²) in [6.45, 7) is -0.136. The number of sulfonamides is 1. The van der Waals surface area contributed by atoms with Gasteiger partial charge in [-0.25, -0.2) is 13.1 Å². The molecule has 0 aromatic heterocycles. The summed E-state index contributed by atoms with van der Waals surface area (Å²) in [6.07, 6.45) is -0.407. The minimum atomic E-state index is -3.66. The van der Waals surface area contributed by atoms with E-state index >= 15 is 0 Å². The third-order valence-electron chi connectivity index (χ3n) is 2.69. The fraction of sp³-hybridized carbons (Fsp3) is 0.455. The van der Waals surface area contributed by atoms with Gasteiger partial charge in [-0.2, -0.15) is 0 Å². The molecule has 1 aromatic carbocycles. The number of rotatable bonds is 5. The van der Waals surface area contributed by atoms with Crippen molar-refractivity contribution in [2.75, 3.05) is 19.8 Å². The van der Waals surface area contributed by atoms with Crippen LogP contribution in [0.15, 0.2) is 23.1 Å². The Morgan fingerprint density at radius 3 is 2.94 bits per heavy atom. The van der Waals surface area contributed by atoms with Crippen LogP contribution in [-0.4, -0.2) is 44.5 Å². The Balaban J connectivity index is 2.15. The molecule has 0 aliphatic carbocycles. The summed E-state index contributed by atoms with van der Waals surface area (Å²) in [4.78, 5) is 0.136. The van der Waals surface area contributed by atoms with Gasteiger partial charge in [-0.05, 0) is 23.8 Å². The molecule has 2 rings (SSSR count). The molecule has 18 heavy (non-hydrogen) atoms. The zero-order chi connectivity index (χ0) is 13.2. The second-order valence-corrected chi connectivity index (χ2v) is 5.82. The van der Waals surface area contributed by atoms with Crippen LogP contribution in [0.4, 0.5) is 0 Å². The van der Waals surface area contributed by atoms with E-state index in [-0.39, 0.29) is 11.4 Å². The number of aliphatic hydroxyl groups excluding tert-OH is 2. The van der Waals surface area contributed by atoms with Crippen LogP contribution in [0.25, 0.3) is 0 Å². The molecule has 1 heterocycles. The molecule has 1 aromatic rings. The van der Waals surface area contributed by atoms with Gasteiger partial charge < -0.3 is 14.9 Å². The van der Waals surface area contributed by atoms with Crippen LogP contribution in [0, 0.1) is 0 Å². The average Bonchev–Trinajstić information content (AvgIpc) is 2.83. The lowest BCUT2D eigenvalue weighted by atomic mass is 10.2. The van der Waals surface area contributed by atoms with E-state index in [1.807, 2.05) is 0 Å². The van der Waals surface area contributed by atoms with Crippen molar-refractivity contribution in [2.24, 2.45) is 0 Å². The molecule has 0 fully saturated rings. The van der Waals surface area contributed by atoms with Crippen LogP contribution >= 0.6 is 0 Å². The van der Waals surface area contributed by atoms with Crippen molar-refractivity contribution < 1.29 is 23.4 Å². The average molecular weight is 273 g/mol. The molecule has 1 unspecified atom stereocenters.